The fourth-order valence-corrected chi connectivity index (χ4v) is 2.53. The Hall–Kier alpha value is -0.980. The molecule has 1 aliphatic rings. The Kier molecular flexibility index (Phi) is 4.31. The van der Waals surface area contributed by atoms with Crippen LogP contribution in [0.25, 0.3) is 0 Å². The van der Waals surface area contributed by atoms with E-state index in [0.717, 1.165) is 6.42 Å². The lowest BCUT2D eigenvalue weighted by atomic mass is 9.89. The van der Waals surface area contributed by atoms with E-state index >= 15 is 0 Å². The molecule has 0 radical (unpaired) electrons. The summed E-state index contributed by atoms with van der Waals surface area (Å²) in [4.78, 5) is 10.7. The van der Waals surface area contributed by atoms with Gasteiger partial charge in [0.25, 0.3) is 5.69 Å². The number of hydrogen-bond donors (Lipinski definition) is 1. The van der Waals surface area contributed by atoms with Crippen molar-refractivity contribution in [1.82, 2.24) is 0 Å². The van der Waals surface area contributed by atoms with Crippen molar-refractivity contribution in [3.8, 4) is 0 Å². The van der Waals surface area contributed by atoms with Gasteiger partial charge in [-0.3, -0.25) is 10.1 Å². The van der Waals surface area contributed by atoms with Crippen molar-refractivity contribution >= 4 is 21.6 Å². The minimum absolute atomic E-state index is 0.0574. The summed E-state index contributed by atoms with van der Waals surface area (Å²) in [7, 11) is 0. The van der Waals surface area contributed by atoms with Crippen LogP contribution < -0.4 is 5.73 Å². The van der Waals surface area contributed by atoms with Crippen molar-refractivity contribution in [1.29, 1.82) is 0 Å². The summed E-state index contributed by atoms with van der Waals surface area (Å²) in [6, 6.07) is 5.19. The normalized spacial score (nSPS) is 23.9. The molecule has 1 aromatic carbocycles. The van der Waals surface area contributed by atoms with Gasteiger partial charge >= 0.3 is 0 Å². The average molecular weight is 315 g/mol. The molecular formula is C12H15BrN2O3. The molecule has 1 saturated heterocycles. The molecule has 0 aromatic heterocycles. The van der Waals surface area contributed by atoms with Gasteiger partial charge in [0.2, 0.25) is 0 Å². The van der Waals surface area contributed by atoms with Gasteiger partial charge in [-0.15, -0.1) is 0 Å². The number of nitrogens with zero attached hydrogens (tertiary/aromatic N) is 1. The number of benzene rings is 1. The average Bonchev–Trinajstić information content (AvgIpc) is 2.34. The van der Waals surface area contributed by atoms with E-state index in [1.807, 2.05) is 6.07 Å². The Morgan fingerprint density at radius 2 is 2.33 bits per heavy atom. The van der Waals surface area contributed by atoms with Crippen LogP contribution >= 0.6 is 15.9 Å². The summed E-state index contributed by atoms with van der Waals surface area (Å²) < 4.78 is 6.10. The van der Waals surface area contributed by atoms with E-state index in [0.29, 0.717) is 29.7 Å². The molecule has 1 aliphatic heterocycles. The van der Waals surface area contributed by atoms with Crippen molar-refractivity contribution in [3.05, 3.63) is 38.3 Å². The molecule has 5 nitrogen and oxygen atoms in total. The second kappa shape index (κ2) is 5.77. The second-order valence-electron chi connectivity index (χ2n) is 4.52. The molecule has 98 valence electrons. The summed E-state index contributed by atoms with van der Waals surface area (Å²) in [6.07, 6.45) is 1.40. The highest BCUT2D eigenvalue weighted by Crippen LogP contribution is 2.27. The third kappa shape index (κ3) is 3.07. The SMILES string of the molecule is NC1CCOCC1Cc1ccc(Br)cc1[N+](=O)[O-]. The van der Waals surface area contributed by atoms with Crippen LogP contribution in [-0.4, -0.2) is 24.2 Å². The van der Waals surface area contributed by atoms with Crippen molar-refractivity contribution < 1.29 is 9.66 Å². The molecule has 18 heavy (non-hydrogen) atoms. The molecule has 2 N–H and O–H groups in total. The van der Waals surface area contributed by atoms with E-state index in [1.54, 1.807) is 6.07 Å². The molecule has 2 rings (SSSR count). The van der Waals surface area contributed by atoms with E-state index in [4.69, 9.17) is 10.5 Å². The van der Waals surface area contributed by atoms with Crippen LogP contribution in [0.4, 0.5) is 5.69 Å². The molecule has 1 fully saturated rings. The maximum Gasteiger partial charge on any atom is 0.273 e. The number of nitro benzene ring substituents is 1. The fraction of sp³-hybridized carbons (Fsp3) is 0.500. The first-order chi connectivity index (χ1) is 8.58. The van der Waals surface area contributed by atoms with Crippen LogP contribution in [0.5, 0.6) is 0 Å². The lowest BCUT2D eigenvalue weighted by molar-refractivity contribution is -0.385. The highest BCUT2D eigenvalue weighted by atomic mass is 79.9. The lowest BCUT2D eigenvalue weighted by Gasteiger charge is -2.28. The fourth-order valence-electron chi connectivity index (χ4n) is 2.19. The zero-order chi connectivity index (χ0) is 13.1. The van der Waals surface area contributed by atoms with Gasteiger partial charge in [-0.25, -0.2) is 0 Å². The monoisotopic (exact) mass is 314 g/mol. The molecule has 0 aliphatic carbocycles. The van der Waals surface area contributed by atoms with Crippen molar-refractivity contribution in [2.24, 2.45) is 11.7 Å². The maximum atomic E-state index is 11.0. The molecular weight excluding hydrogens is 300 g/mol. The third-order valence-electron chi connectivity index (χ3n) is 3.26. The number of halogens is 1. The molecule has 0 saturated carbocycles. The largest absolute Gasteiger partial charge is 0.381 e. The summed E-state index contributed by atoms with van der Waals surface area (Å²) in [6.45, 7) is 1.26. The van der Waals surface area contributed by atoms with Gasteiger partial charge in [0.05, 0.1) is 11.5 Å². The first kappa shape index (κ1) is 13.5. The van der Waals surface area contributed by atoms with Gasteiger partial charge < -0.3 is 10.5 Å². The molecule has 1 aromatic rings. The van der Waals surface area contributed by atoms with Gasteiger partial charge in [0.1, 0.15) is 0 Å². The Morgan fingerprint density at radius 3 is 3.00 bits per heavy atom. The van der Waals surface area contributed by atoms with Crippen molar-refractivity contribution in [2.45, 2.75) is 18.9 Å². The number of rotatable bonds is 3. The Bertz CT molecular complexity index is 453. The van der Waals surface area contributed by atoms with E-state index < -0.39 is 0 Å². The molecule has 0 amide bonds. The van der Waals surface area contributed by atoms with Crippen LogP contribution in [0.15, 0.2) is 22.7 Å². The smallest absolute Gasteiger partial charge is 0.273 e. The van der Waals surface area contributed by atoms with Crippen LogP contribution in [0.3, 0.4) is 0 Å². The predicted octanol–water partition coefficient (Wildman–Crippen LogP) is 2.26. The molecule has 1 heterocycles. The van der Waals surface area contributed by atoms with Crippen LogP contribution in [0, 0.1) is 16.0 Å². The second-order valence-corrected chi connectivity index (χ2v) is 5.44. The summed E-state index contributed by atoms with van der Waals surface area (Å²) >= 11 is 3.25. The Labute approximate surface area is 114 Å². The van der Waals surface area contributed by atoms with Crippen molar-refractivity contribution in [3.63, 3.8) is 0 Å². The molecule has 6 heteroatoms. The minimum atomic E-state index is -0.352. The zero-order valence-electron chi connectivity index (χ0n) is 9.84. The highest BCUT2D eigenvalue weighted by molar-refractivity contribution is 9.10. The molecule has 0 spiro atoms. The Morgan fingerprint density at radius 1 is 1.56 bits per heavy atom. The number of nitro groups is 1. The third-order valence-corrected chi connectivity index (χ3v) is 3.75. The van der Waals surface area contributed by atoms with Gasteiger partial charge in [-0.05, 0) is 18.9 Å². The van der Waals surface area contributed by atoms with Gasteiger partial charge in [0.15, 0.2) is 0 Å². The van der Waals surface area contributed by atoms with Crippen LogP contribution in [0.1, 0.15) is 12.0 Å². The molecule has 2 unspecified atom stereocenters. The first-order valence-corrected chi connectivity index (χ1v) is 6.63. The summed E-state index contributed by atoms with van der Waals surface area (Å²) in [5.74, 6) is 0.152. The van der Waals surface area contributed by atoms with E-state index in [-0.39, 0.29) is 22.6 Å². The number of ether oxygens (including phenoxy) is 1. The standard InChI is InChI=1S/C12H15BrN2O3/c13-10-2-1-8(12(6-10)15(16)17)5-9-7-18-4-3-11(9)14/h1-2,6,9,11H,3-5,7,14H2. The minimum Gasteiger partial charge on any atom is -0.381 e. The van der Waals surface area contributed by atoms with Crippen LogP contribution in [0.2, 0.25) is 0 Å². The van der Waals surface area contributed by atoms with Gasteiger partial charge in [-0.2, -0.15) is 0 Å². The molecule has 0 bridgehead atoms. The van der Waals surface area contributed by atoms with E-state index in [9.17, 15) is 10.1 Å². The number of nitrogens with two attached hydrogens (primary N) is 1. The zero-order valence-corrected chi connectivity index (χ0v) is 11.4. The first-order valence-electron chi connectivity index (χ1n) is 5.84. The maximum absolute atomic E-state index is 11.0. The van der Waals surface area contributed by atoms with Gasteiger partial charge in [-0.1, -0.05) is 22.0 Å². The Balaban J connectivity index is 2.20. The topological polar surface area (TPSA) is 78.4 Å². The summed E-state index contributed by atoms with van der Waals surface area (Å²) in [5.41, 5.74) is 6.88. The number of hydrogen-bond acceptors (Lipinski definition) is 4. The van der Waals surface area contributed by atoms with Crippen LogP contribution in [-0.2, 0) is 11.2 Å². The molecule has 2 atom stereocenters. The summed E-state index contributed by atoms with van der Waals surface area (Å²) in [5, 5.41) is 11.0. The van der Waals surface area contributed by atoms with E-state index in [1.165, 1.54) is 6.07 Å². The van der Waals surface area contributed by atoms with E-state index in [2.05, 4.69) is 15.9 Å². The lowest BCUT2D eigenvalue weighted by Crippen LogP contribution is -2.39. The van der Waals surface area contributed by atoms with Gasteiger partial charge in [0, 0.05) is 34.7 Å². The quantitative estimate of drug-likeness (QED) is 0.685. The highest BCUT2D eigenvalue weighted by Gasteiger charge is 2.25. The van der Waals surface area contributed by atoms with Crippen molar-refractivity contribution in [2.75, 3.05) is 13.2 Å². The predicted molar refractivity (Wildman–Crippen MR) is 71.4 cm³/mol.